The topological polar surface area (TPSA) is 55.4 Å². The summed E-state index contributed by atoms with van der Waals surface area (Å²) in [5.41, 5.74) is 3.81. The lowest BCUT2D eigenvalue weighted by atomic mass is 10.1. The summed E-state index contributed by atoms with van der Waals surface area (Å²) < 4.78 is 5.58. The van der Waals surface area contributed by atoms with Crippen molar-refractivity contribution in [3.63, 3.8) is 0 Å². The van der Waals surface area contributed by atoms with Crippen LogP contribution in [0.3, 0.4) is 0 Å². The van der Waals surface area contributed by atoms with E-state index >= 15 is 0 Å². The maximum absolute atomic E-state index is 12.7. The Morgan fingerprint density at radius 1 is 1.00 bits per heavy atom. The monoisotopic (exact) mass is 369 g/mol. The number of anilines is 1. The SMILES string of the molecule is Cc1cccc(C)c1NC(=O)C(C)[N+](C)(C)CC(=O)OCc1ccccc1. The first-order valence-corrected chi connectivity index (χ1v) is 9.10. The molecule has 0 saturated carbocycles. The van der Waals surface area contributed by atoms with E-state index in [0.717, 1.165) is 22.4 Å². The minimum atomic E-state index is -0.409. The van der Waals surface area contributed by atoms with E-state index in [4.69, 9.17) is 4.74 Å². The average Bonchev–Trinajstić information content (AvgIpc) is 2.63. The molecule has 0 spiro atoms. The first-order chi connectivity index (χ1) is 12.7. The third-order valence-corrected chi connectivity index (χ3v) is 4.94. The number of nitrogens with one attached hydrogen (secondary N) is 1. The van der Waals surface area contributed by atoms with E-state index < -0.39 is 6.04 Å². The van der Waals surface area contributed by atoms with E-state index in [2.05, 4.69) is 5.32 Å². The van der Waals surface area contributed by atoms with E-state index in [9.17, 15) is 9.59 Å². The molecule has 0 aliphatic carbocycles. The van der Waals surface area contributed by atoms with E-state index in [0.29, 0.717) is 0 Å². The summed E-state index contributed by atoms with van der Waals surface area (Å²) in [5.74, 6) is -0.441. The lowest BCUT2D eigenvalue weighted by Crippen LogP contribution is -2.55. The maximum Gasteiger partial charge on any atom is 0.362 e. The molecule has 2 aromatic rings. The fourth-order valence-electron chi connectivity index (χ4n) is 2.81. The second kappa shape index (κ2) is 8.82. The number of hydrogen-bond acceptors (Lipinski definition) is 3. The quantitative estimate of drug-likeness (QED) is 0.601. The van der Waals surface area contributed by atoms with Crippen LogP contribution in [-0.2, 0) is 20.9 Å². The van der Waals surface area contributed by atoms with Crippen LogP contribution in [0.4, 0.5) is 5.69 Å². The minimum absolute atomic E-state index is 0.117. The summed E-state index contributed by atoms with van der Waals surface area (Å²) in [7, 11) is 3.72. The van der Waals surface area contributed by atoms with E-state index in [1.807, 2.05) is 83.4 Å². The van der Waals surface area contributed by atoms with Gasteiger partial charge < -0.3 is 14.5 Å². The molecule has 2 aromatic carbocycles. The fourth-order valence-corrected chi connectivity index (χ4v) is 2.81. The molecule has 0 aromatic heterocycles. The molecular formula is C22H29N2O3+. The van der Waals surface area contributed by atoms with Crippen LogP contribution in [-0.4, -0.2) is 43.0 Å². The van der Waals surface area contributed by atoms with Crippen molar-refractivity contribution in [3.05, 3.63) is 65.2 Å². The summed E-state index contributed by atoms with van der Waals surface area (Å²) in [4.78, 5) is 25.0. The number of aryl methyl sites for hydroxylation is 2. The van der Waals surface area contributed by atoms with Crippen LogP contribution < -0.4 is 5.32 Å². The van der Waals surface area contributed by atoms with Gasteiger partial charge in [0.25, 0.3) is 5.91 Å². The molecule has 0 aliphatic heterocycles. The van der Waals surface area contributed by atoms with E-state index in [-0.39, 0.29) is 29.5 Å². The number of amides is 1. The zero-order valence-electron chi connectivity index (χ0n) is 16.8. The van der Waals surface area contributed by atoms with Crippen LogP contribution in [0.5, 0.6) is 0 Å². The van der Waals surface area contributed by atoms with Crippen molar-refractivity contribution >= 4 is 17.6 Å². The van der Waals surface area contributed by atoms with Gasteiger partial charge in [-0.2, -0.15) is 0 Å². The number of likely N-dealkylation sites (N-methyl/N-ethyl adjacent to an activating group) is 1. The molecule has 1 atom stereocenters. The Morgan fingerprint density at radius 2 is 1.59 bits per heavy atom. The molecule has 0 radical (unpaired) electrons. The number of para-hydroxylation sites is 1. The van der Waals surface area contributed by atoms with Gasteiger partial charge in [0.05, 0.1) is 14.1 Å². The van der Waals surface area contributed by atoms with Crippen molar-refractivity contribution in [1.29, 1.82) is 0 Å². The minimum Gasteiger partial charge on any atom is -0.457 e. The summed E-state index contributed by atoms with van der Waals surface area (Å²) in [6.45, 7) is 6.12. The molecule has 144 valence electrons. The number of esters is 1. The highest BCUT2D eigenvalue weighted by Crippen LogP contribution is 2.20. The van der Waals surface area contributed by atoms with Gasteiger partial charge in [-0.15, -0.1) is 0 Å². The smallest absolute Gasteiger partial charge is 0.362 e. The van der Waals surface area contributed by atoms with Crippen molar-refractivity contribution in [2.45, 2.75) is 33.4 Å². The van der Waals surface area contributed by atoms with Gasteiger partial charge in [-0.3, -0.25) is 4.79 Å². The number of ether oxygens (including phenoxy) is 1. The molecule has 0 heterocycles. The third kappa shape index (κ3) is 5.66. The Kier molecular flexibility index (Phi) is 6.75. The van der Waals surface area contributed by atoms with Gasteiger partial charge in [0.2, 0.25) is 0 Å². The van der Waals surface area contributed by atoms with Crippen molar-refractivity contribution in [3.8, 4) is 0 Å². The predicted molar refractivity (Wildman–Crippen MR) is 107 cm³/mol. The molecule has 5 heteroatoms. The largest absolute Gasteiger partial charge is 0.457 e. The number of benzene rings is 2. The van der Waals surface area contributed by atoms with Crippen LogP contribution in [0, 0.1) is 13.8 Å². The Morgan fingerprint density at radius 3 is 2.19 bits per heavy atom. The first kappa shape index (κ1) is 20.6. The molecule has 0 fully saturated rings. The molecule has 0 bridgehead atoms. The van der Waals surface area contributed by atoms with Gasteiger partial charge in [0.1, 0.15) is 6.61 Å². The van der Waals surface area contributed by atoms with Crippen LogP contribution in [0.2, 0.25) is 0 Å². The molecule has 2 rings (SSSR count). The molecule has 27 heavy (non-hydrogen) atoms. The Bertz CT molecular complexity index is 780. The molecule has 5 nitrogen and oxygen atoms in total. The van der Waals surface area contributed by atoms with E-state index in [1.54, 1.807) is 0 Å². The molecule has 0 aliphatic rings. The van der Waals surface area contributed by atoms with Crippen molar-refractivity contribution < 1.29 is 18.8 Å². The van der Waals surface area contributed by atoms with Crippen molar-refractivity contribution in [1.82, 2.24) is 0 Å². The van der Waals surface area contributed by atoms with E-state index in [1.165, 1.54) is 0 Å². The second-order valence-corrected chi connectivity index (χ2v) is 7.52. The molecule has 1 amide bonds. The summed E-state index contributed by atoms with van der Waals surface area (Å²) in [6, 6.07) is 15.0. The zero-order valence-corrected chi connectivity index (χ0v) is 16.8. The third-order valence-electron chi connectivity index (χ3n) is 4.94. The zero-order chi connectivity index (χ0) is 20.0. The van der Waals surface area contributed by atoms with Gasteiger partial charge in [-0.05, 0) is 37.5 Å². The highest BCUT2D eigenvalue weighted by molar-refractivity contribution is 5.95. The van der Waals surface area contributed by atoms with Gasteiger partial charge in [-0.25, -0.2) is 4.79 Å². The first-order valence-electron chi connectivity index (χ1n) is 9.10. The van der Waals surface area contributed by atoms with Crippen LogP contribution in [0.25, 0.3) is 0 Å². The predicted octanol–water partition coefficient (Wildman–Crippen LogP) is 3.45. The molecular weight excluding hydrogens is 340 g/mol. The van der Waals surface area contributed by atoms with Gasteiger partial charge in [0, 0.05) is 5.69 Å². The normalized spacial score (nSPS) is 12.3. The van der Waals surface area contributed by atoms with Gasteiger partial charge in [-0.1, -0.05) is 48.5 Å². The highest BCUT2D eigenvalue weighted by Gasteiger charge is 2.33. The Hall–Kier alpha value is -2.66. The standard InChI is InChI=1S/C22H28N2O3/c1-16-10-9-11-17(2)21(16)23-22(26)18(3)24(4,5)14-20(25)27-15-19-12-7-6-8-13-19/h6-13,18H,14-15H2,1-5H3/p+1. The molecule has 1 N–H and O–H groups in total. The lowest BCUT2D eigenvalue weighted by molar-refractivity contribution is -0.896. The second-order valence-electron chi connectivity index (χ2n) is 7.52. The van der Waals surface area contributed by atoms with Crippen molar-refractivity contribution in [2.75, 3.05) is 26.0 Å². The van der Waals surface area contributed by atoms with Crippen molar-refractivity contribution in [2.24, 2.45) is 0 Å². The summed E-state index contributed by atoms with van der Waals surface area (Å²) in [6.07, 6.45) is 0. The average molecular weight is 369 g/mol. The van der Waals surface area contributed by atoms with Crippen LogP contribution in [0.1, 0.15) is 23.6 Å². The Labute approximate surface area is 161 Å². The summed E-state index contributed by atoms with van der Waals surface area (Å²) in [5, 5.41) is 3.01. The van der Waals surface area contributed by atoms with Gasteiger partial charge in [0.15, 0.2) is 12.6 Å². The molecule has 1 unspecified atom stereocenters. The lowest BCUT2D eigenvalue weighted by Gasteiger charge is -2.34. The fraction of sp³-hybridized carbons (Fsp3) is 0.364. The molecule has 0 saturated heterocycles. The number of rotatable bonds is 7. The number of nitrogens with zero attached hydrogens (tertiary/aromatic N) is 1. The van der Waals surface area contributed by atoms with Crippen LogP contribution in [0.15, 0.2) is 48.5 Å². The summed E-state index contributed by atoms with van der Waals surface area (Å²) >= 11 is 0. The maximum atomic E-state index is 12.7. The number of quaternary nitrogens is 1. The number of carbonyl (C=O) groups is 2. The van der Waals surface area contributed by atoms with Crippen LogP contribution >= 0.6 is 0 Å². The van der Waals surface area contributed by atoms with Gasteiger partial charge >= 0.3 is 5.97 Å². The Balaban J connectivity index is 1.95. The highest BCUT2D eigenvalue weighted by atomic mass is 16.5. The number of carbonyl (C=O) groups excluding carboxylic acids is 2. The number of hydrogen-bond donors (Lipinski definition) is 1.